The molecule has 0 spiro atoms. The largest absolute Gasteiger partial charge is 0.467 e. The molecule has 88 valence electrons. The summed E-state index contributed by atoms with van der Waals surface area (Å²) in [4.78, 5) is 11.8. The van der Waals surface area contributed by atoms with Crippen LogP contribution in [0.5, 0.6) is 0 Å². The molecule has 1 aromatic carbocycles. The van der Waals surface area contributed by atoms with E-state index in [2.05, 4.69) is 21.2 Å². The van der Waals surface area contributed by atoms with E-state index < -0.39 is 0 Å². The summed E-state index contributed by atoms with van der Waals surface area (Å²) in [7, 11) is 0. The molecule has 1 N–H and O–H groups in total. The van der Waals surface area contributed by atoms with E-state index in [1.165, 1.54) is 0 Å². The van der Waals surface area contributed by atoms with Crippen molar-refractivity contribution in [1.82, 2.24) is 5.32 Å². The van der Waals surface area contributed by atoms with Gasteiger partial charge in [0.25, 0.3) is 5.91 Å². The van der Waals surface area contributed by atoms with Crippen LogP contribution in [0.2, 0.25) is 0 Å². The summed E-state index contributed by atoms with van der Waals surface area (Å²) < 4.78 is 6.14. The van der Waals surface area contributed by atoms with Gasteiger partial charge in [0.15, 0.2) is 0 Å². The van der Waals surface area contributed by atoms with Crippen molar-refractivity contribution in [2.45, 2.75) is 13.5 Å². The first-order chi connectivity index (χ1) is 8.16. The fourth-order valence-corrected chi connectivity index (χ4v) is 1.72. The first-order valence-electron chi connectivity index (χ1n) is 5.23. The molecule has 0 atom stereocenters. The summed E-state index contributed by atoms with van der Waals surface area (Å²) in [6.45, 7) is 2.36. The van der Waals surface area contributed by atoms with Crippen LogP contribution in [0.4, 0.5) is 0 Å². The third kappa shape index (κ3) is 2.97. The van der Waals surface area contributed by atoms with E-state index >= 15 is 0 Å². The lowest BCUT2D eigenvalue weighted by molar-refractivity contribution is 0.0948. The van der Waals surface area contributed by atoms with E-state index in [4.69, 9.17) is 4.42 Å². The number of furan rings is 1. The monoisotopic (exact) mass is 293 g/mol. The number of carbonyl (C=O) groups is 1. The molecule has 2 rings (SSSR count). The van der Waals surface area contributed by atoms with Gasteiger partial charge >= 0.3 is 0 Å². The normalized spacial score (nSPS) is 10.2. The molecule has 1 amide bonds. The van der Waals surface area contributed by atoms with Crippen molar-refractivity contribution in [1.29, 1.82) is 0 Å². The Morgan fingerprint density at radius 1 is 1.41 bits per heavy atom. The highest BCUT2D eigenvalue weighted by Gasteiger charge is 2.07. The summed E-state index contributed by atoms with van der Waals surface area (Å²) in [6, 6.07) is 9.13. The zero-order chi connectivity index (χ0) is 12.3. The van der Waals surface area contributed by atoms with Gasteiger partial charge in [0.2, 0.25) is 0 Å². The third-order valence-corrected chi connectivity index (χ3v) is 3.31. The van der Waals surface area contributed by atoms with Crippen LogP contribution < -0.4 is 5.32 Å². The molecule has 0 fully saturated rings. The van der Waals surface area contributed by atoms with Crippen molar-refractivity contribution < 1.29 is 9.21 Å². The number of nitrogens with one attached hydrogen (secondary N) is 1. The van der Waals surface area contributed by atoms with E-state index in [9.17, 15) is 4.79 Å². The fraction of sp³-hybridized carbons (Fsp3) is 0.154. The Kier molecular flexibility index (Phi) is 3.64. The van der Waals surface area contributed by atoms with Gasteiger partial charge in [-0.05, 0) is 42.8 Å². The Morgan fingerprint density at radius 2 is 2.24 bits per heavy atom. The average molecular weight is 294 g/mol. The molecule has 2 aromatic rings. The molecule has 4 heteroatoms. The maximum Gasteiger partial charge on any atom is 0.251 e. The molecule has 3 nitrogen and oxygen atoms in total. The zero-order valence-electron chi connectivity index (χ0n) is 9.37. The molecule has 0 bridgehead atoms. The molecule has 1 aromatic heterocycles. The molecule has 0 saturated carbocycles. The molecule has 0 radical (unpaired) electrons. The standard InChI is InChI=1S/C13H12BrNO2/c1-9-7-10(4-5-12(9)14)13(16)15-8-11-3-2-6-17-11/h2-7H,8H2,1H3,(H,15,16). The first-order valence-corrected chi connectivity index (χ1v) is 6.03. The van der Waals surface area contributed by atoms with Gasteiger partial charge in [-0.3, -0.25) is 4.79 Å². The number of aryl methyl sites for hydroxylation is 1. The highest BCUT2D eigenvalue weighted by molar-refractivity contribution is 9.10. The predicted molar refractivity (Wildman–Crippen MR) is 68.8 cm³/mol. The fourth-order valence-electron chi connectivity index (χ4n) is 1.47. The second-order valence-corrected chi connectivity index (χ2v) is 4.58. The summed E-state index contributed by atoms with van der Waals surface area (Å²) >= 11 is 3.40. The Hall–Kier alpha value is -1.55. The number of hydrogen-bond donors (Lipinski definition) is 1. The van der Waals surface area contributed by atoms with E-state index in [0.29, 0.717) is 12.1 Å². The van der Waals surface area contributed by atoms with Crippen LogP contribution >= 0.6 is 15.9 Å². The summed E-state index contributed by atoms with van der Waals surface area (Å²) in [6.07, 6.45) is 1.59. The molecule has 0 aliphatic carbocycles. The van der Waals surface area contributed by atoms with Crippen LogP contribution in [-0.4, -0.2) is 5.91 Å². The van der Waals surface area contributed by atoms with Gasteiger partial charge in [0.05, 0.1) is 12.8 Å². The molecule has 0 unspecified atom stereocenters. The first kappa shape index (κ1) is 11.9. The lowest BCUT2D eigenvalue weighted by atomic mass is 10.1. The van der Waals surface area contributed by atoms with Gasteiger partial charge in [-0.25, -0.2) is 0 Å². The van der Waals surface area contributed by atoms with Crippen LogP contribution in [0.1, 0.15) is 21.7 Å². The molecular weight excluding hydrogens is 282 g/mol. The van der Waals surface area contributed by atoms with Gasteiger partial charge in [0.1, 0.15) is 5.76 Å². The lowest BCUT2D eigenvalue weighted by Crippen LogP contribution is -2.22. The van der Waals surface area contributed by atoms with Crippen LogP contribution in [0.25, 0.3) is 0 Å². The molecule has 17 heavy (non-hydrogen) atoms. The van der Waals surface area contributed by atoms with E-state index in [-0.39, 0.29) is 5.91 Å². The Labute approximate surface area is 108 Å². The molecule has 1 heterocycles. The number of benzene rings is 1. The van der Waals surface area contributed by atoms with Gasteiger partial charge in [0, 0.05) is 10.0 Å². The van der Waals surface area contributed by atoms with Crippen LogP contribution in [0, 0.1) is 6.92 Å². The summed E-state index contributed by atoms with van der Waals surface area (Å²) in [5.41, 5.74) is 1.69. The highest BCUT2D eigenvalue weighted by atomic mass is 79.9. The van der Waals surface area contributed by atoms with Gasteiger partial charge < -0.3 is 9.73 Å². The van der Waals surface area contributed by atoms with E-state index in [1.807, 2.05) is 25.1 Å². The number of carbonyl (C=O) groups excluding carboxylic acids is 1. The van der Waals surface area contributed by atoms with Crippen LogP contribution in [-0.2, 0) is 6.54 Å². The molecular formula is C13H12BrNO2. The minimum atomic E-state index is -0.1000. The topological polar surface area (TPSA) is 42.2 Å². The maximum atomic E-state index is 11.8. The highest BCUT2D eigenvalue weighted by Crippen LogP contribution is 2.17. The van der Waals surface area contributed by atoms with Crippen molar-refractivity contribution in [3.8, 4) is 0 Å². The Morgan fingerprint density at radius 3 is 2.88 bits per heavy atom. The molecule has 0 aliphatic rings. The second kappa shape index (κ2) is 5.19. The van der Waals surface area contributed by atoms with Crippen LogP contribution in [0.3, 0.4) is 0 Å². The molecule has 0 aliphatic heterocycles. The van der Waals surface area contributed by atoms with Crippen molar-refractivity contribution in [3.63, 3.8) is 0 Å². The number of hydrogen-bond acceptors (Lipinski definition) is 2. The minimum Gasteiger partial charge on any atom is -0.467 e. The lowest BCUT2D eigenvalue weighted by Gasteiger charge is -2.05. The minimum absolute atomic E-state index is 0.1000. The van der Waals surface area contributed by atoms with Gasteiger partial charge in [-0.1, -0.05) is 15.9 Å². The van der Waals surface area contributed by atoms with Gasteiger partial charge in [-0.15, -0.1) is 0 Å². The van der Waals surface area contributed by atoms with Crippen molar-refractivity contribution in [2.75, 3.05) is 0 Å². The van der Waals surface area contributed by atoms with E-state index in [0.717, 1.165) is 15.8 Å². The summed E-state index contributed by atoms with van der Waals surface area (Å²) in [5, 5.41) is 2.80. The van der Waals surface area contributed by atoms with Gasteiger partial charge in [-0.2, -0.15) is 0 Å². The average Bonchev–Trinajstić information content (AvgIpc) is 2.82. The smallest absolute Gasteiger partial charge is 0.251 e. The number of rotatable bonds is 3. The third-order valence-electron chi connectivity index (χ3n) is 2.42. The zero-order valence-corrected chi connectivity index (χ0v) is 11.0. The Bertz CT molecular complexity index is 520. The van der Waals surface area contributed by atoms with E-state index in [1.54, 1.807) is 18.4 Å². The second-order valence-electron chi connectivity index (χ2n) is 3.73. The molecule has 0 saturated heterocycles. The predicted octanol–water partition coefficient (Wildman–Crippen LogP) is 3.28. The van der Waals surface area contributed by atoms with Crippen molar-refractivity contribution >= 4 is 21.8 Å². The number of amides is 1. The summed E-state index contributed by atoms with van der Waals surface area (Å²) in [5.74, 6) is 0.643. The quantitative estimate of drug-likeness (QED) is 0.944. The maximum absolute atomic E-state index is 11.8. The van der Waals surface area contributed by atoms with Crippen molar-refractivity contribution in [2.24, 2.45) is 0 Å². The van der Waals surface area contributed by atoms with Crippen molar-refractivity contribution in [3.05, 3.63) is 58.0 Å². The SMILES string of the molecule is Cc1cc(C(=O)NCc2ccco2)ccc1Br. The number of halogens is 1. The van der Waals surface area contributed by atoms with Crippen LogP contribution in [0.15, 0.2) is 45.5 Å². The Balaban J connectivity index is 2.02.